The van der Waals surface area contributed by atoms with E-state index in [2.05, 4.69) is 16.9 Å². The van der Waals surface area contributed by atoms with Crippen molar-refractivity contribution >= 4 is 16.9 Å². The van der Waals surface area contributed by atoms with Crippen molar-refractivity contribution in [3.63, 3.8) is 0 Å². The van der Waals surface area contributed by atoms with Crippen LogP contribution in [-0.2, 0) is 4.74 Å². The molecule has 6 nitrogen and oxygen atoms in total. The predicted molar refractivity (Wildman–Crippen MR) is 78.6 cm³/mol. The lowest BCUT2D eigenvalue weighted by Crippen LogP contribution is -2.61. The van der Waals surface area contributed by atoms with Crippen LogP contribution >= 0.6 is 11.8 Å². The fraction of sp³-hybridized carbons (Fsp3) is 0.769. The number of nitrogens with one attached hydrogen (secondary N) is 1. The van der Waals surface area contributed by atoms with Crippen molar-refractivity contribution in [3.05, 3.63) is 12.7 Å². The van der Waals surface area contributed by atoms with Gasteiger partial charge in [0.15, 0.2) is 5.17 Å². The van der Waals surface area contributed by atoms with Crippen LogP contribution in [0.1, 0.15) is 19.8 Å². The van der Waals surface area contributed by atoms with Gasteiger partial charge in [0.05, 0.1) is 12.1 Å². The van der Waals surface area contributed by atoms with E-state index in [4.69, 9.17) is 4.74 Å². The number of nitrogens with zero attached hydrogens (tertiary/aromatic N) is 1. The molecule has 2 heterocycles. The zero-order valence-corrected chi connectivity index (χ0v) is 12.3. The Morgan fingerprint density at radius 2 is 2.25 bits per heavy atom. The fourth-order valence-electron chi connectivity index (χ4n) is 2.35. The molecule has 7 heteroatoms. The first kappa shape index (κ1) is 15.8. The molecule has 0 amide bonds. The van der Waals surface area contributed by atoms with Gasteiger partial charge in [0.2, 0.25) is 0 Å². The van der Waals surface area contributed by atoms with Gasteiger partial charge in [-0.2, -0.15) is 0 Å². The van der Waals surface area contributed by atoms with Crippen LogP contribution in [0, 0.1) is 0 Å². The molecule has 0 unspecified atom stereocenters. The first-order valence-corrected chi connectivity index (χ1v) is 7.74. The highest BCUT2D eigenvalue weighted by Gasteiger charge is 2.50. The van der Waals surface area contributed by atoms with Crippen LogP contribution < -0.4 is 5.32 Å². The number of ether oxygens (including phenoxy) is 1. The van der Waals surface area contributed by atoms with Crippen molar-refractivity contribution in [2.24, 2.45) is 4.99 Å². The van der Waals surface area contributed by atoms with Crippen molar-refractivity contribution in [1.82, 2.24) is 5.32 Å². The second kappa shape index (κ2) is 6.91. The van der Waals surface area contributed by atoms with E-state index in [1.54, 1.807) is 6.08 Å². The molecule has 2 aliphatic rings. The topological polar surface area (TPSA) is 94.3 Å². The van der Waals surface area contributed by atoms with E-state index in [1.807, 2.05) is 6.92 Å². The Bertz CT molecular complexity index is 379. The smallest absolute Gasteiger partial charge is 0.159 e. The number of aliphatic imine (C=N–C) groups is 1. The molecule has 20 heavy (non-hydrogen) atoms. The van der Waals surface area contributed by atoms with Gasteiger partial charge in [-0.15, -0.1) is 6.58 Å². The third-order valence-corrected chi connectivity index (χ3v) is 4.53. The highest BCUT2D eigenvalue weighted by Crippen LogP contribution is 2.35. The van der Waals surface area contributed by atoms with Gasteiger partial charge in [-0.05, 0) is 12.8 Å². The van der Waals surface area contributed by atoms with Crippen LogP contribution in [0.4, 0.5) is 0 Å². The van der Waals surface area contributed by atoms with Crippen LogP contribution in [0.2, 0.25) is 0 Å². The van der Waals surface area contributed by atoms with Crippen LogP contribution in [0.15, 0.2) is 17.6 Å². The second-order valence-electron chi connectivity index (χ2n) is 5.02. The Balaban J connectivity index is 2.06. The number of aliphatic hydroxyl groups excluding tert-OH is 3. The van der Waals surface area contributed by atoms with E-state index in [0.717, 1.165) is 6.42 Å². The summed E-state index contributed by atoms with van der Waals surface area (Å²) in [6, 6.07) is -0.405. The summed E-state index contributed by atoms with van der Waals surface area (Å²) in [5, 5.41) is 34.0. The molecule has 0 radical (unpaired) electrons. The van der Waals surface area contributed by atoms with E-state index in [0.29, 0.717) is 18.1 Å². The third kappa shape index (κ3) is 3.17. The molecule has 4 N–H and O–H groups in total. The molecular weight excluding hydrogens is 280 g/mol. The molecule has 0 aliphatic carbocycles. The summed E-state index contributed by atoms with van der Waals surface area (Å²) in [5.74, 6) is 0. The van der Waals surface area contributed by atoms with E-state index >= 15 is 0 Å². The lowest BCUT2D eigenvalue weighted by Gasteiger charge is -2.40. The number of fused-ring (bicyclic) bond motifs is 1. The highest BCUT2D eigenvalue weighted by atomic mass is 32.2. The Morgan fingerprint density at radius 1 is 1.50 bits per heavy atom. The molecule has 0 spiro atoms. The zero-order chi connectivity index (χ0) is 14.7. The van der Waals surface area contributed by atoms with Gasteiger partial charge in [-0.1, -0.05) is 24.8 Å². The monoisotopic (exact) mass is 302 g/mol. The minimum atomic E-state index is -1.13. The number of aliphatic hydroxyl groups is 3. The normalized spacial score (nSPS) is 40.2. The molecule has 0 saturated carbocycles. The number of hydrogen-bond acceptors (Lipinski definition) is 6. The van der Waals surface area contributed by atoms with Crippen LogP contribution in [0.25, 0.3) is 0 Å². The Hall–Kier alpha value is -0.600. The lowest BCUT2D eigenvalue weighted by molar-refractivity contribution is -0.186. The molecule has 0 aromatic rings. The predicted octanol–water partition coefficient (Wildman–Crippen LogP) is -0.159. The van der Waals surface area contributed by atoms with Crippen molar-refractivity contribution < 1.29 is 20.1 Å². The summed E-state index contributed by atoms with van der Waals surface area (Å²) in [6.07, 6.45) is -1.02. The van der Waals surface area contributed by atoms with Gasteiger partial charge in [-0.25, -0.2) is 0 Å². The summed E-state index contributed by atoms with van der Waals surface area (Å²) in [6.45, 7) is 6.29. The third-order valence-electron chi connectivity index (χ3n) is 3.42. The quantitative estimate of drug-likeness (QED) is 0.527. The summed E-state index contributed by atoms with van der Waals surface area (Å²) >= 11 is 1.39. The fourth-order valence-corrected chi connectivity index (χ4v) is 3.50. The van der Waals surface area contributed by atoms with Gasteiger partial charge < -0.3 is 25.4 Å². The standard InChI is InChI=1S/C13H22N2O4S/c1-3-5-7(16)11-10(18)9(17)8-12(19-11)20-13(15-8)14-6-4-2/h3,7-12,16-18H,1,4-6H2,2H3,(H,14,15)/t7-,8+,9+,10-,11+,12+/m0/s1. The Kier molecular flexibility index (Phi) is 5.45. The van der Waals surface area contributed by atoms with Crippen molar-refractivity contribution in [2.75, 3.05) is 6.54 Å². The Labute approximate surface area is 122 Å². The van der Waals surface area contributed by atoms with Crippen molar-refractivity contribution in [2.45, 2.75) is 55.7 Å². The van der Waals surface area contributed by atoms with Crippen molar-refractivity contribution in [1.29, 1.82) is 0 Å². The van der Waals surface area contributed by atoms with Crippen LogP contribution in [0.5, 0.6) is 0 Å². The summed E-state index contributed by atoms with van der Waals surface area (Å²) in [7, 11) is 0. The second-order valence-corrected chi connectivity index (χ2v) is 6.10. The molecule has 2 rings (SSSR count). The number of rotatable bonds is 5. The minimum Gasteiger partial charge on any atom is -0.390 e. The minimum absolute atomic E-state index is 0.306. The summed E-state index contributed by atoms with van der Waals surface area (Å²) in [4.78, 5) is 4.35. The van der Waals surface area contributed by atoms with Gasteiger partial charge in [-0.3, -0.25) is 4.99 Å². The molecule has 0 bridgehead atoms. The number of thioether (sulfide) groups is 1. The van der Waals surface area contributed by atoms with Crippen molar-refractivity contribution in [3.8, 4) is 0 Å². The zero-order valence-electron chi connectivity index (χ0n) is 11.5. The molecule has 114 valence electrons. The van der Waals surface area contributed by atoms with Gasteiger partial charge in [0, 0.05) is 6.54 Å². The first-order chi connectivity index (χ1) is 9.58. The maximum Gasteiger partial charge on any atom is 0.159 e. The molecule has 0 aromatic heterocycles. The first-order valence-electron chi connectivity index (χ1n) is 6.86. The molecule has 2 aliphatic heterocycles. The van der Waals surface area contributed by atoms with E-state index in [1.165, 1.54) is 11.8 Å². The largest absolute Gasteiger partial charge is 0.390 e. The van der Waals surface area contributed by atoms with E-state index < -0.39 is 30.5 Å². The molecule has 0 aromatic carbocycles. The molecule has 6 atom stereocenters. The van der Waals surface area contributed by atoms with Gasteiger partial charge in [0.25, 0.3) is 0 Å². The Morgan fingerprint density at radius 3 is 2.90 bits per heavy atom. The van der Waals surface area contributed by atoms with Gasteiger partial charge in [0.1, 0.15) is 23.7 Å². The van der Waals surface area contributed by atoms with E-state index in [9.17, 15) is 15.3 Å². The number of hydrogen-bond donors (Lipinski definition) is 4. The van der Waals surface area contributed by atoms with Gasteiger partial charge >= 0.3 is 0 Å². The lowest BCUT2D eigenvalue weighted by atomic mass is 9.93. The molecule has 2 saturated heterocycles. The number of amidine groups is 1. The van der Waals surface area contributed by atoms with E-state index in [-0.39, 0.29) is 5.44 Å². The average Bonchev–Trinajstić information content (AvgIpc) is 2.84. The average molecular weight is 302 g/mol. The van der Waals surface area contributed by atoms with Crippen LogP contribution in [-0.4, -0.2) is 62.9 Å². The SMILES string of the molecule is C=CC[C@H](O)[C@H]1O[C@@H]2SC(=NCCC)N[C@@H]2[C@@H](O)[C@@H]1O. The maximum absolute atomic E-state index is 10.2. The van der Waals surface area contributed by atoms with Crippen LogP contribution in [0.3, 0.4) is 0 Å². The highest BCUT2D eigenvalue weighted by molar-refractivity contribution is 8.14. The molecular formula is C13H22N2O4S. The maximum atomic E-state index is 10.2. The summed E-state index contributed by atoms with van der Waals surface area (Å²) in [5.41, 5.74) is -0.353. The summed E-state index contributed by atoms with van der Waals surface area (Å²) < 4.78 is 5.73. The molecule has 2 fully saturated rings.